The number of aromatic nitrogens is 2. The van der Waals surface area contributed by atoms with Gasteiger partial charge in [0.2, 0.25) is 0 Å². The second-order valence-corrected chi connectivity index (χ2v) is 5.73. The summed E-state index contributed by atoms with van der Waals surface area (Å²) in [6, 6.07) is 6.35. The average Bonchev–Trinajstić information content (AvgIpc) is 2.79. The van der Waals surface area contributed by atoms with Crippen LogP contribution in [0.3, 0.4) is 0 Å². The second kappa shape index (κ2) is 6.75. The van der Waals surface area contributed by atoms with E-state index < -0.39 is 0 Å². The number of benzene rings is 1. The number of aromatic amines is 1. The number of fused-ring (bicyclic) bond motifs is 1. The molecular weight excluding hydrogens is 248 g/mol. The molecule has 0 bridgehead atoms. The summed E-state index contributed by atoms with van der Waals surface area (Å²) < 4.78 is 0. The summed E-state index contributed by atoms with van der Waals surface area (Å²) in [5.41, 5.74) is 8.60. The summed E-state index contributed by atoms with van der Waals surface area (Å²) in [7, 11) is 0. The SMILES string of the molecule is CCCCCN(Cc1nc2ccc(N)cc2[nH]1)C(C)C. The van der Waals surface area contributed by atoms with E-state index >= 15 is 0 Å². The quantitative estimate of drug-likeness (QED) is 0.599. The van der Waals surface area contributed by atoms with Crippen molar-refractivity contribution in [2.75, 3.05) is 12.3 Å². The minimum atomic E-state index is 0.533. The van der Waals surface area contributed by atoms with E-state index in [0.717, 1.165) is 35.6 Å². The predicted molar refractivity (Wildman–Crippen MR) is 85.6 cm³/mol. The normalized spacial score (nSPS) is 11.8. The van der Waals surface area contributed by atoms with Crippen molar-refractivity contribution in [1.82, 2.24) is 14.9 Å². The summed E-state index contributed by atoms with van der Waals surface area (Å²) in [5.74, 6) is 1.02. The zero-order chi connectivity index (χ0) is 14.5. The molecule has 2 aromatic rings. The zero-order valence-electron chi connectivity index (χ0n) is 12.8. The number of nitrogens with two attached hydrogens (primary N) is 1. The van der Waals surface area contributed by atoms with Crippen LogP contribution in [0.5, 0.6) is 0 Å². The smallest absolute Gasteiger partial charge is 0.121 e. The maximum atomic E-state index is 5.81. The van der Waals surface area contributed by atoms with E-state index in [2.05, 4.69) is 35.6 Å². The molecule has 4 nitrogen and oxygen atoms in total. The molecule has 2 rings (SSSR count). The van der Waals surface area contributed by atoms with Crippen LogP contribution in [0.15, 0.2) is 18.2 Å². The van der Waals surface area contributed by atoms with E-state index in [0.29, 0.717) is 6.04 Å². The van der Waals surface area contributed by atoms with Gasteiger partial charge in [-0.2, -0.15) is 0 Å². The van der Waals surface area contributed by atoms with Crippen molar-refractivity contribution in [3.05, 3.63) is 24.0 Å². The van der Waals surface area contributed by atoms with Gasteiger partial charge in [0.15, 0.2) is 0 Å². The lowest BCUT2D eigenvalue weighted by Crippen LogP contribution is -2.31. The minimum Gasteiger partial charge on any atom is -0.399 e. The lowest BCUT2D eigenvalue weighted by molar-refractivity contribution is 0.204. The molecule has 0 fully saturated rings. The molecule has 4 heteroatoms. The molecule has 0 aliphatic carbocycles. The van der Waals surface area contributed by atoms with Gasteiger partial charge in [0.05, 0.1) is 17.6 Å². The third kappa shape index (κ3) is 3.73. The fraction of sp³-hybridized carbons (Fsp3) is 0.562. The Bertz CT molecular complexity index is 544. The number of hydrogen-bond donors (Lipinski definition) is 2. The number of hydrogen-bond acceptors (Lipinski definition) is 3. The Hall–Kier alpha value is -1.55. The molecule has 1 heterocycles. The van der Waals surface area contributed by atoms with Crippen molar-refractivity contribution in [3.8, 4) is 0 Å². The predicted octanol–water partition coefficient (Wildman–Crippen LogP) is 3.55. The number of anilines is 1. The van der Waals surface area contributed by atoms with Crippen molar-refractivity contribution in [2.24, 2.45) is 0 Å². The number of nitrogens with zero attached hydrogens (tertiary/aromatic N) is 2. The van der Waals surface area contributed by atoms with Crippen molar-refractivity contribution in [2.45, 2.75) is 52.6 Å². The Balaban J connectivity index is 2.07. The minimum absolute atomic E-state index is 0.533. The maximum Gasteiger partial charge on any atom is 0.121 e. The molecule has 0 amide bonds. The summed E-state index contributed by atoms with van der Waals surface area (Å²) >= 11 is 0. The Kier molecular flexibility index (Phi) is 5.01. The molecule has 0 atom stereocenters. The first-order valence-corrected chi connectivity index (χ1v) is 7.58. The Morgan fingerprint density at radius 3 is 2.80 bits per heavy atom. The third-order valence-electron chi connectivity index (χ3n) is 3.69. The first-order valence-electron chi connectivity index (χ1n) is 7.58. The van der Waals surface area contributed by atoms with E-state index in [1.54, 1.807) is 0 Å². The first-order chi connectivity index (χ1) is 9.60. The number of H-pyrrole nitrogens is 1. The summed E-state index contributed by atoms with van der Waals surface area (Å²) in [5, 5.41) is 0. The molecule has 1 aromatic carbocycles. The third-order valence-corrected chi connectivity index (χ3v) is 3.69. The van der Waals surface area contributed by atoms with E-state index in [1.807, 2.05) is 18.2 Å². The van der Waals surface area contributed by atoms with Crippen molar-refractivity contribution < 1.29 is 0 Å². The fourth-order valence-electron chi connectivity index (χ4n) is 2.43. The van der Waals surface area contributed by atoms with Crippen LogP contribution in [0.2, 0.25) is 0 Å². The van der Waals surface area contributed by atoms with Crippen LogP contribution in [0.25, 0.3) is 11.0 Å². The fourth-order valence-corrected chi connectivity index (χ4v) is 2.43. The highest BCUT2D eigenvalue weighted by Crippen LogP contribution is 2.16. The van der Waals surface area contributed by atoms with Gasteiger partial charge in [-0.25, -0.2) is 4.98 Å². The molecule has 110 valence electrons. The van der Waals surface area contributed by atoms with Crippen molar-refractivity contribution in [3.63, 3.8) is 0 Å². The van der Waals surface area contributed by atoms with Gasteiger partial charge in [-0.15, -0.1) is 0 Å². The average molecular weight is 274 g/mol. The van der Waals surface area contributed by atoms with E-state index in [9.17, 15) is 0 Å². The van der Waals surface area contributed by atoms with Gasteiger partial charge in [-0.1, -0.05) is 19.8 Å². The van der Waals surface area contributed by atoms with Crippen LogP contribution < -0.4 is 5.73 Å². The number of rotatable bonds is 7. The Morgan fingerprint density at radius 2 is 2.10 bits per heavy atom. The van der Waals surface area contributed by atoms with Crippen molar-refractivity contribution >= 4 is 16.7 Å². The molecule has 0 radical (unpaired) electrons. The van der Waals surface area contributed by atoms with Crippen LogP contribution in [0.1, 0.15) is 45.9 Å². The lowest BCUT2D eigenvalue weighted by atomic mass is 10.2. The number of nitrogens with one attached hydrogen (secondary N) is 1. The van der Waals surface area contributed by atoms with Gasteiger partial charge >= 0.3 is 0 Å². The molecule has 0 aliphatic rings. The highest BCUT2D eigenvalue weighted by molar-refractivity contribution is 5.78. The molecule has 0 spiro atoms. The monoisotopic (exact) mass is 274 g/mol. The van der Waals surface area contributed by atoms with Gasteiger partial charge < -0.3 is 10.7 Å². The van der Waals surface area contributed by atoms with E-state index in [4.69, 9.17) is 5.73 Å². The largest absolute Gasteiger partial charge is 0.399 e. The van der Waals surface area contributed by atoms with Gasteiger partial charge in [-0.3, -0.25) is 4.90 Å². The number of imidazole rings is 1. The maximum absolute atomic E-state index is 5.81. The topological polar surface area (TPSA) is 57.9 Å². The summed E-state index contributed by atoms with van der Waals surface area (Å²) in [6.45, 7) is 8.73. The second-order valence-electron chi connectivity index (χ2n) is 5.73. The number of nitrogen functional groups attached to an aromatic ring is 1. The molecule has 20 heavy (non-hydrogen) atoms. The van der Waals surface area contributed by atoms with Gasteiger partial charge in [-0.05, 0) is 45.0 Å². The van der Waals surface area contributed by atoms with Crippen LogP contribution in [0, 0.1) is 0 Å². The number of unbranched alkanes of at least 4 members (excludes halogenated alkanes) is 2. The molecular formula is C16H26N4. The highest BCUT2D eigenvalue weighted by atomic mass is 15.2. The van der Waals surface area contributed by atoms with Crippen LogP contribution in [0.4, 0.5) is 5.69 Å². The molecule has 0 saturated heterocycles. The Morgan fingerprint density at radius 1 is 1.30 bits per heavy atom. The standard InChI is InChI=1S/C16H26N4/c1-4-5-6-9-20(12(2)3)11-16-18-14-8-7-13(17)10-15(14)19-16/h7-8,10,12H,4-6,9,11,17H2,1-3H3,(H,18,19). The highest BCUT2D eigenvalue weighted by Gasteiger charge is 2.12. The van der Waals surface area contributed by atoms with Crippen LogP contribution in [-0.4, -0.2) is 27.5 Å². The van der Waals surface area contributed by atoms with Gasteiger partial charge in [0, 0.05) is 11.7 Å². The Labute approximate surface area is 121 Å². The van der Waals surface area contributed by atoms with Crippen LogP contribution in [-0.2, 0) is 6.54 Å². The van der Waals surface area contributed by atoms with Gasteiger partial charge in [0.25, 0.3) is 0 Å². The molecule has 1 aromatic heterocycles. The summed E-state index contributed by atoms with van der Waals surface area (Å²) in [6.07, 6.45) is 3.80. The molecule has 0 aliphatic heterocycles. The lowest BCUT2D eigenvalue weighted by Gasteiger charge is -2.25. The van der Waals surface area contributed by atoms with Gasteiger partial charge in [0.1, 0.15) is 5.82 Å². The summed E-state index contributed by atoms with van der Waals surface area (Å²) in [4.78, 5) is 10.5. The molecule has 0 saturated carbocycles. The van der Waals surface area contributed by atoms with Crippen LogP contribution >= 0.6 is 0 Å². The molecule has 3 N–H and O–H groups in total. The molecule has 0 unspecified atom stereocenters. The zero-order valence-corrected chi connectivity index (χ0v) is 12.8. The van der Waals surface area contributed by atoms with E-state index in [1.165, 1.54) is 19.3 Å². The first kappa shape index (κ1) is 14.9. The van der Waals surface area contributed by atoms with E-state index in [-0.39, 0.29) is 0 Å². The van der Waals surface area contributed by atoms with Crippen molar-refractivity contribution in [1.29, 1.82) is 0 Å².